The van der Waals surface area contributed by atoms with Crippen LogP contribution in [0.2, 0.25) is 0 Å². The van der Waals surface area contributed by atoms with Crippen LogP contribution in [0.3, 0.4) is 0 Å². The highest BCUT2D eigenvalue weighted by Crippen LogP contribution is 2.38. The molecule has 4 amide bonds. The number of carbonyl (C=O) groups excluding carboxylic acids is 3. The van der Waals surface area contributed by atoms with Crippen LogP contribution in [0, 0.1) is 12.8 Å². The summed E-state index contributed by atoms with van der Waals surface area (Å²) in [5, 5.41) is 3.36. The van der Waals surface area contributed by atoms with Crippen LogP contribution in [0.25, 0.3) is 10.9 Å². The molecule has 3 fully saturated rings. The molecule has 218 valence electrons. The van der Waals surface area contributed by atoms with Gasteiger partial charge in [0.05, 0.1) is 17.7 Å². The van der Waals surface area contributed by atoms with Crippen molar-refractivity contribution in [2.24, 2.45) is 5.92 Å². The van der Waals surface area contributed by atoms with Crippen LogP contribution >= 0.6 is 0 Å². The van der Waals surface area contributed by atoms with Crippen molar-refractivity contribution in [1.82, 2.24) is 19.7 Å². The summed E-state index contributed by atoms with van der Waals surface area (Å²) in [7, 11) is 0. The predicted octanol–water partition coefficient (Wildman–Crippen LogP) is 4.93. The zero-order valence-electron chi connectivity index (χ0n) is 23.7. The maximum atomic E-state index is 15.1. The van der Waals surface area contributed by atoms with Crippen molar-refractivity contribution < 1.29 is 27.9 Å². The van der Waals surface area contributed by atoms with Gasteiger partial charge in [-0.15, -0.1) is 0 Å². The molecule has 11 heteroatoms. The van der Waals surface area contributed by atoms with Crippen molar-refractivity contribution in [2.75, 3.05) is 44.2 Å². The fourth-order valence-corrected chi connectivity index (χ4v) is 6.25. The number of fused-ring (bicyclic) bond motifs is 1. The lowest BCUT2D eigenvalue weighted by molar-refractivity contribution is -0.120. The number of nitrogens with zero attached hydrogens (tertiary/aromatic N) is 4. The molecule has 0 saturated carbocycles. The van der Waals surface area contributed by atoms with Crippen LogP contribution in [0.4, 0.5) is 24.1 Å². The van der Waals surface area contributed by atoms with Gasteiger partial charge in [-0.1, -0.05) is 6.07 Å². The first-order chi connectivity index (χ1) is 18.8. The number of carbonyl (C=O) groups is 3. The molecular weight excluding hydrogens is 520 g/mol. The molecule has 1 N–H and O–H groups in total. The zero-order chi connectivity index (χ0) is 28.8. The minimum absolute atomic E-state index is 0.218. The van der Waals surface area contributed by atoms with E-state index < -0.39 is 36.1 Å². The van der Waals surface area contributed by atoms with Crippen molar-refractivity contribution in [1.29, 1.82) is 0 Å². The Balaban J connectivity index is 1.22. The van der Waals surface area contributed by atoms with Crippen LogP contribution < -0.4 is 10.2 Å². The molecule has 1 atom stereocenters. The van der Waals surface area contributed by atoms with E-state index in [1.165, 1.54) is 0 Å². The van der Waals surface area contributed by atoms with Gasteiger partial charge in [0, 0.05) is 62.2 Å². The lowest BCUT2D eigenvalue weighted by Gasteiger charge is -2.42. The van der Waals surface area contributed by atoms with Gasteiger partial charge in [-0.2, -0.15) is 0 Å². The third-order valence-corrected chi connectivity index (χ3v) is 8.20. The number of aryl methyl sites for hydroxylation is 1. The van der Waals surface area contributed by atoms with Gasteiger partial charge >= 0.3 is 12.1 Å². The number of aromatic nitrogens is 1. The Morgan fingerprint density at radius 1 is 1.10 bits per heavy atom. The molecule has 5 rings (SSSR count). The number of ether oxygens (including phenoxy) is 1. The molecule has 9 nitrogen and oxygen atoms in total. The molecule has 1 aromatic carbocycles. The molecule has 0 bridgehead atoms. The number of likely N-dealkylation sites (tertiary alicyclic amines) is 2. The maximum absolute atomic E-state index is 15.1. The molecule has 0 spiro atoms. The number of rotatable bonds is 4. The van der Waals surface area contributed by atoms with Gasteiger partial charge in [0.2, 0.25) is 5.91 Å². The largest absolute Gasteiger partial charge is 0.444 e. The predicted molar refractivity (Wildman–Crippen MR) is 148 cm³/mol. The highest BCUT2D eigenvalue weighted by Gasteiger charge is 2.47. The van der Waals surface area contributed by atoms with E-state index >= 15 is 8.78 Å². The van der Waals surface area contributed by atoms with E-state index in [1.54, 1.807) is 25.7 Å². The van der Waals surface area contributed by atoms with Crippen LogP contribution in [-0.2, 0) is 9.53 Å². The summed E-state index contributed by atoms with van der Waals surface area (Å²) in [6, 6.07) is 7.77. The molecule has 3 aliphatic rings. The number of anilines is 1. The maximum Gasteiger partial charge on any atom is 0.410 e. The monoisotopic (exact) mass is 559 g/mol. The molecule has 0 radical (unpaired) electrons. The van der Waals surface area contributed by atoms with Crippen molar-refractivity contribution in [3.63, 3.8) is 0 Å². The van der Waals surface area contributed by atoms with Gasteiger partial charge in [0.1, 0.15) is 5.60 Å². The number of urea groups is 1. The lowest BCUT2D eigenvalue weighted by atomic mass is 9.91. The SMILES string of the molecule is Cc1cc2c(N3CCC(=O)NC3=O)cccc2n1C1CCN(C[C@@H]2CCN(C(=O)OC(C)(C)C)CC2(F)F)CC1. The molecule has 3 saturated heterocycles. The van der Waals surface area contributed by atoms with Gasteiger partial charge in [-0.3, -0.25) is 15.0 Å². The number of nitrogens with one attached hydrogen (secondary N) is 1. The zero-order valence-corrected chi connectivity index (χ0v) is 23.7. The minimum atomic E-state index is -2.97. The quantitative estimate of drug-likeness (QED) is 0.575. The minimum Gasteiger partial charge on any atom is -0.444 e. The fourth-order valence-electron chi connectivity index (χ4n) is 6.25. The first-order valence-corrected chi connectivity index (χ1v) is 14.1. The topological polar surface area (TPSA) is 87.1 Å². The number of imide groups is 1. The summed E-state index contributed by atoms with van der Waals surface area (Å²) < 4.78 is 37.8. The Morgan fingerprint density at radius 2 is 1.82 bits per heavy atom. The van der Waals surface area contributed by atoms with E-state index in [0.29, 0.717) is 26.2 Å². The number of alkyl halides is 2. The highest BCUT2D eigenvalue weighted by atomic mass is 19.3. The number of piperidine rings is 2. The highest BCUT2D eigenvalue weighted by molar-refractivity contribution is 6.09. The first-order valence-electron chi connectivity index (χ1n) is 14.1. The fraction of sp³-hybridized carbons (Fsp3) is 0.621. The molecule has 1 aromatic heterocycles. The van der Waals surface area contributed by atoms with Crippen molar-refractivity contribution in [3.8, 4) is 0 Å². The normalized spacial score (nSPS) is 23.0. The van der Waals surface area contributed by atoms with Gasteiger partial charge in [-0.05, 0) is 65.2 Å². The average molecular weight is 560 g/mol. The first kappa shape index (κ1) is 28.3. The second-order valence-corrected chi connectivity index (χ2v) is 12.3. The Labute approximate surface area is 233 Å². The molecule has 0 unspecified atom stereocenters. The van der Waals surface area contributed by atoms with Gasteiger partial charge in [0.15, 0.2) is 0 Å². The van der Waals surface area contributed by atoms with Crippen LogP contribution in [0.5, 0.6) is 0 Å². The summed E-state index contributed by atoms with van der Waals surface area (Å²) in [6.45, 7) is 8.97. The number of benzene rings is 1. The van der Waals surface area contributed by atoms with E-state index in [-0.39, 0.29) is 31.3 Å². The van der Waals surface area contributed by atoms with E-state index in [2.05, 4.69) is 27.8 Å². The Hall–Kier alpha value is -3.21. The van der Waals surface area contributed by atoms with E-state index in [0.717, 1.165) is 40.0 Å². The molecule has 2 aromatic rings. The van der Waals surface area contributed by atoms with Crippen LogP contribution in [0.1, 0.15) is 58.2 Å². The van der Waals surface area contributed by atoms with Gasteiger partial charge in [-0.25, -0.2) is 18.4 Å². The molecular formula is C29H39F2N5O4. The Morgan fingerprint density at radius 3 is 2.48 bits per heavy atom. The summed E-state index contributed by atoms with van der Waals surface area (Å²) >= 11 is 0. The molecule has 40 heavy (non-hydrogen) atoms. The number of hydrogen-bond acceptors (Lipinski definition) is 5. The standard InChI is InChI=1S/C29H39F2N5O4/c1-19-16-22-23(35-15-11-25(37)32-26(35)38)6-5-7-24(22)36(19)21-9-12-33(13-10-21)17-20-8-14-34(18-29(20,30)31)27(39)40-28(2,3)4/h5-7,16,20-21H,8-15,17-18H2,1-4H3,(H,32,37,38)/t20-/m0/s1. The summed E-state index contributed by atoms with van der Waals surface area (Å²) in [5.74, 6) is -4.04. The summed E-state index contributed by atoms with van der Waals surface area (Å²) in [4.78, 5) is 41.3. The Kier molecular flexibility index (Phi) is 7.54. The molecule has 4 heterocycles. The number of halogens is 2. The van der Waals surface area contributed by atoms with E-state index in [4.69, 9.17) is 4.74 Å². The van der Waals surface area contributed by atoms with Crippen LogP contribution in [0.15, 0.2) is 24.3 Å². The summed E-state index contributed by atoms with van der Waals surface area (Å²) in [6.07, 6.45) is 1.48. The molecule has 3 aliphatic heterocycles. The Bertz CT molecular complexity index is 1300. The van der Waals surface area contributed by atoms with Gasteiger partial charge < -0.3 is 19.1 Å². The lowest BCUT2D eigenvalue weighted by Crippen LogP contribution is -2.54. The van der Waals surface area contributed by atoms with Crippen molar-refractivity contribution >= 4 is 34.6 Å². The summed E-state index contributed by atoms with van der Waals surface area (Å²) in [5.41, 5.74) is 2.16. The van der Waals surface area contributed by atoms with Crippen molar-refractivity contribution in [3.05, 3.63) is 30.0 Å². The second kappa shape index (κ2) is 10.6. The average Bonchev–Trinajstić information content (AvgIpc) is 3.20. The number of hydrogen-bond donors (Lipinski definition) is 1. The third kappa shape index (κ3) is 5.80. The smallest absolute Gasteiger partial charge is 0.410 e. The second-order valence-electron chi connectivity index (χ2n) is 12.3. The third-order valence-electron chi connectivity index (χ3n) is 8.20. The molecule has 0 aliphatic carbocycles. The van der Waals surface area contributed by atoms with E-state index in [1.807, 2.05) is 18.2 Å². The number of amides is 4. The van der Waals surface area contributed by atoms with Crippen molar-refractivity contribution in [2.45, 2.75) is 70.9 Å². The van der Waals surface area contributed by atoms with E-state index in [9.17, 15) is 14.4 Å². The van der Waals surface area contributed by atoms with Gasteiger partial charge in [0.25, 0.3) is 5.92 Å². The van der Waals surface area contributed by atoms with Crippen LogP contribution in [-0.4, -0.2) is 83.2 Å².